The van der Waals surface area contributed by atoms with Gasteiger partial charge in [0, 0.05) is 0 Å². The monoisotopic (exact) mass is 273 g/mol. The van der Waals surface area contributed by atoms with Gasteiger partial charge in [-0.25, -0.2) is 9.37 Å². The molecule has 0 aliphatic rings. The molecule has 0 amide bonds. The second-order valence-electron chi connectivity index (χ2n) is 1.93. The minimum Gasteiger partial charge on any atom is -0.221 e. The number of pyridine rings is 1. The zero-order chi connectivity index (χ0) is 8.59. The fourth-order valence-corrected chi connectivity index (χ4v) is 0.949. The quantitative estimate of drug-likeness (QED) is 0.522. The van der Waals surface area contributed by atoms with Gasteiger partial charge in [0.15, 0.2) is 5.82 Å². The van der Waals surface area contributed by atoms with Crippen molar-refractivity contribution in [1.82, 2.24) is 4.98 Å². The molecular formula is C6H3F3IN. The van der Waals surface area contributed by atoms with Crippen LogP contribution < -0.4 is 0 Å². The van der Waals surface area contributed by atoms with Crippen LogP contribution in [0.4, 0.5) is 13.2 Å². The molecule has 0 fully saturated rings. The Bertz CT molecular complexity index is 274. The van der Waals surface area contributed by atoms with Crippen molar-refractivity contribution in [1.29, 1.82) is 0 Å². The maximum atomic E-state index is 12.6. The molecule has 1 heterocycles. The van der Waals surface area contributed by atoms with Crippen LogP contribution in [0.3, 0.4) is 0 Å². The highest BCUT2D eigenvalue weighted by Gasteiger charge is 2.15. The lowest BCUT2D eigenvalue weighted by Crippen LogP contribution is -2.01. The first-order valence-corrected chi connectivity index (χ1v) is 3.78. The highest BCUT2D eigenvalue weighted by Crippen LogP contribution is 2.17. The molecule has 0 unspecified atom stereocenters. The molecule has 0 spiro atoms. The van der Waals surface area contributed by atoms with Crippen LogP contribution in [0.1, 0.15) is 5.69 Å². The maximum Gasteiger partial charge on any atom is 0.252 e. The van der Waals surface area contributed by atoms with Crippen LogP contribution in [0.25, 0.3) is 0 Å². The van der Waals surface area contributed by atoms with Crippen molar-refractivity contribution >= 4 is 22.6 Å². The molecule has 60 valence electrons. The summed E-state index contributed by atoms with van der Waals surface area (Å²) in [6, 6.07) is 0. The van der Waals surface area contributed by atoms with Gasteiger partial charge in [0.05, 0.1) is 9.26 Å². The summed E-state index contributed by atoms with van der Waals surface area (Å²) in [5.74, 6) is -4.07. The lowest BCUT2D eigenvalue weighted by atomic mass is 10.3. The fourth-order valence-electron chi connectivity index (χ4n) is 0.591. The minimum absolute atomic E-state index is 0.0153. The number of aromatic nitrogens is 1. The van der Waals surface area contributed by atoms with E-state index >= 15 is 0 Å². The molecule has 0 saturated carbocycles. The minimum atomic E-state index is -1.51. The van der Waals surface area contributed by atoms with Gasteiger partial charge in [-0.3, -0.25) is 0 Å². The van der Waals surface area contributed by atoms with Crippen LogP contribution in [0.2, 0.25) is 0 Å². The summed E-state index contributed by atoms with van der Waals surface area (Å²) < 4.78 is 37.3. The number of aryl methyl sites for hydroxylation is 1. The van der Waals surface area contributed by atoms with Crippen LogP contribution in [0.15, 0.2) is 0 Å². The highest BCUT2D eigenvalue weighted by molar-refractivity contribution is 14.1. The van der Waals surface area contributed by atoms with Gasteiger partial charge < -0.3 is 0 Å². The third-order valence-corrected chi connectivity index (χ3v) is 2.40. The Kier molecular flexibility index (Phi) is 2.36. The van der Waals surface area contributed by atoms with E-state index in [0.29, 0.717) is 0 Å². The Labute approximate surface area is 74.8 Å². The molecule has 0 atom stereocenters. The van der Waals surface area contributed by atoms with E-state index in [4.69, 9.17) is 0 Å². The lowest BCUT2D eigenvalue weighted by Gasteiger charge is -1.99. The SMILES string of the molecule is Cc1nc(F)c(F)c(F)c1I. The van der Waals surface area contributed by atoms with Crippen molar-refractivity contribution in [3.05, 3.63) is 26.8 Å². The average Bonchev–Trinajstić information content (AvgIpc) is 1.97. The summed E-state index contributed by atoms with van der Waals surface area (Å²) in [5.41, 5.74) is 0.155. The third-order valence-electron chi connectivity index (χ3n) is 1.15. The Hall–Kier alpha value is -0.330. The average molecular weight is 273 g/mol. The highest BCUT2D eigenvalue weighted by atomic mass is 127. The summed E-state index contributed by atoms with van der Waals surface area (Å²) in [5, 5.41) is 0. The van der Waals surface area contributed by atoms with Crippen LogP contribution in [0, 0.1) is 28.1 Å². The molecule has 1 aromatic rings. The standard InChI is InChI=1S/C6H3F3IN/c1-2-5(10)3(7)4(8)6(9)11-2/h1H3. The summed E-state index contributed by atoms with van der Waals surface area (Å²) in [6.07, 6.45) is 0. The summed E-state index contributed by atoms with van der Waals surface area (Å²) in [7, 11) is 0. The van der Waals surface area contributed by atoms with E-state index < -0.39 is 17.6 Å². The molecule has 0 radical (unpaired) electrons. The molecule has 1 nitrogen and oxygen atoms in total. The van der Waals surface area contributed by atoms with Gasteiger partial charge in [-0.1, -0.05) is 0 Å². The second kappa shape index (κ2) is 2.96. The largest absolute Gasteiger partial charge is 0.252 e. The van der Waals surface area contributed by atoms with E-state index in [9.17, 15) is 13.2 Å². The van der Waals surface area contributed by atoms with Crippen molar-refractivity contribution in [2.75, 3.05) is 0 Å². The third kappa shape index (κ3) is 1.47. The van der Waals surface area contributed by atoms with Crippen molar-refractivity contribution in [3.8, 4) is 0 Å². The number of nitrogens with zero attached hydrogens (tertiary/aromatic N) is 1. The Balaban J connectivity index is 3.46. The molecule has 1 aromatic heterocycles. The van der Waals surface area contributed by atoms with Gasteiger partial charge in [-0.15, -0.1) is 0 Å². The second-order valence-corrected chi connectivity index (χ2v) is 3.01. The Morgan fingerprint density at radius 3 is 2.27 bits per heavy atom. The number of halogens is 4. The number of hydrogen-bond donors (Lipinski definition) is 0. The lowest BCUT2D eigenvalue weighted by molar-refractivity contribution is 0.420. The van der Waals surface area contributed by atoms with Crippen LogP contribution in [-0.2, 0) is 0 Å². The van der Waals surface area contributed by atoms with Gasteiger partial charge in [-0.05, 0) is 29.5 Å². The molecule has 0 aromatic carbocycles. The summed E-state index contributed by atoms with van der Waals surface area (Å²) in [4.78, 5) is 3.14. The van der Waals surface area contributed by atoms with Gasteiger partial charge in [0.2, 0.25) is 5.82 Å². The van der Waals surface area contributed by atoms with Crippen LogP contribution in [0.5, 0.6) is 0 Å². The number of rotatable bonds is 0. The Morgan fingerprint density at radius 2 is 1.73 bits per heavy atom. The maximum absolute atomic E-state index is 12.6. The molecular weight excluding hydrogens is 270 g/mol. The van der Waals surface area contributed by atoms with E-state index in [1.165, 1.54) is 6.92 Å². The molecule has 0 aliphatic carbocycles. The van der Waals surface area contributed by atoms with E-state index in [2.05, 4.69) is 4.98 Å². The van der Waals surface area contributed by atoms with Gasteiger partial charge in [0.1, 0.15) is 0 Å². The van der Waals surface area contributed by atoms with Crippen molar-refractivity contribution < 1.29 is 13.2 Å². The first-order valence-electron chi connectivity index (χ1n) is 2.70. The van der Waals surface area contributed by atoms with Crippen molar-refractivity contribution in [3.63, 3.8) is 0 Å². The predicted molar refractivity (Wildman–Crippen MR) is 41.6 cm³/mol. The smallest absolute Gasteiger partial charge is 0.221 e. The fraction of sp³-hybridized carbons (Fsp3) is 0.167. The van der Waals surface area contributed by atoms with E-state index in [1.54, 1.807) is 22.6 Å². The molecule has 0 aliphatic heterocycles. The van der Waals surface area contributed by atoms with E-state index in [0.717, 1.165) is 0 Å². The Morgan fingerprint density at radius 1 is 1.18 bits per heavy atom. The molecule has 5 heteroatoms. The molecule has 0 N–H and O–H groups in total. The topological polar surface area (TPSA) is 12.9 Å². The molecule has 11 heavy (non-hydrogen) atoms. The molecule has 0 saturated heterocycles. The van der Waals surface area contributed by atoms with Crippen molar-refractivity contribution in [2.24, 2.45) is 0 Å². The van der Waals surface area contributed by atoms with E-state index in [1.807, 2.05) is 0 Å². The predicted octanol–water partition coefficient (Wildman–Crippen LogP) is 2.41. The van der Waals surface area contributed by atoms with Gasteiger partial charge >= 0.3 is 0 Å². The first kappa shape index (κ1) is 8.76. The van der Waals surface area contributed by atoms with Crippen LogP contribution >= 0.6 is 22.6 Å². The van der Waals surface area contributed by atoms with E-state index in [-0.39, 0.29) is 9.26 Å². The summed E-state index contributed by atoms with van der Waals surface area (Å²) in [6.45, 7) is 1.41. The molecule has 1 rings (SSSR count). The zero-order valence-corrected chi connectivity index (χ0v) is 7.62. The first-order chi connectivity index (χ1) is 5.04. The normalized spacial score (nSPS) is 10.3. The zero-order valence-electron chi connectivity index (χ0n) is 5.46. The number of hydrogen-bond acceptors (Lipinski definition) is 1. The molecule has 0 bridgehead atoms. The van der Waals surface area contributed by atoms with Gasteiger partial charge in [0.25, 0.3) is 5.95 Å². The van der Waals surface area contributed by atoms with Gasteiger partial charge in [-0.2, -0.15) is 8.78 Å². The van der Waals surface area contributed by atoms with Crippen LogP contribution in [-0.4, -0.2) is 4.98 Å². The van der Waals surface area contributed by atoms with Crippen molar-refractivity contribution in [2.45, 2.75) is 6.92 Å². The summed E-state index contributed by atoms with van der Waals surface area (Å²) >= 11 is 1.57.